The molecule has 0 bridgehead atoms. The van der Waals surface area contributed by atoms with Crippen molar-refractivity contribution in [2.24, 2.45) is 0 Å². The minimum absolute atomic E-state index is 0.475. The van der Waals surface area contributed by atoms with E-state index in [4.69, 9.17) is 4.74 Å². The first-order valence-electron chi connectivity index (χ1n) is 6.92. The summed E-state index contributed by atoms with van der Waals surface area (Å²) in [6.45, 7) is 7.69. The number of ether oxygens (including phenoxy) is 1. The second-order valence-corrected chi connectivity index (χ2v) is 4.59. The van der Waals surface area contributed by atoms with Crippen molar-refractivity contribution in [2.45, 2.75) is 84.7 Å². The molecule has 0 aliphatic carbocycles. The molecule has 1 heteroatoms. The van der Waals surface area contributed by atoms with Crippen LogP contribution in [0.25, 0.3) is 0 Å². The van der Waals surface area contributed by atoms with Gasteiger partial charge in [-0.2, -0.15) is 0 Å². The molecule has 0 aromatic heterocycles. The molecule has 0 aromatic carbocycles. The van der Waals surface area contributed by atoms with Gasteiger partial charge in [0.2, 0.25) is 0 Å². The van der Waals surface area contributed by atoms with Crippen LogP contribution in [-0.2, 0) is 4.74 Å². The van der Waals surface area contributed by atoms with Crippen LogP contribution in [0.15, 0.2) is 0 Å². The van der Waals surface area contributed by atoms with Crippen LogP contribution < -0.4 is 0 Å². The fraction of sp³-hybridized carbons (Fsp3) is 1.00. The van der Waals surface area contributed by atoms with Gasteiger partial charge in [-0.3, -0.25) is 0 Å². The molecular formula is C14H30O. The molecule has 1 nitrogen and oxygen atoms in total. The average molecular weight is 214 g/mol. The third kappa shape index (κ3) is 11.9. The summed E-state index contributed by atoms with van der Waals surface area (Å²) in [6, 6.07) is 0. The number of rotatable bonds is 11. The summed E-state index contributed by atoms with van der Waals surface area (Å²) < 4.78 is 5.77. The summed E-state index contributed by atoms with van der Waals surface area (Å²) in [5, 5.41) is 0. The van der Waals surface area contributed by atoms with E-state index in [9.17, 15) is 0 Å². The van der Waals surface area contributed by atoms with Crippen molar-refractivity contribution in [1.82, 2.24) is 0 Å². The van der Waals surface area contributed by atoms with Gasteiger partial charge in [0.25, 0.3) is 0 Å². The highest BCUT2D eigenvalue weighted by Gasteiger charge is 2.01. The summed E-state index contributed by atoms with van der Waals surface area (Å²) in [4.78, 5) is 0. The summed E-state index contributed by atoms with van der Waals surface area (Å²) in [5.74, 6) is 0. The molecule has 0 spiro atoms. The normalized spacial score (nSPS) is 13.0. The molecule has 0 fully saturated rings. The van der Waals surface area contributed by atoms with E-state index >= 15 is 0 Å². The smallest absolute Gasteiger partial charge is 0.0547 e. The topological polar surface area (TPSA) is 9.23 Å². The van der Waals surface area contributed by atoms with Crippen molar-refractivity contribution in [3.8, 4) is 0 Å². The van der Waals surface area contributed by atoms with E-state index < -0.39 is 0 Å². The quantitative estimate of drug-likeness (QED) is 0.442. The Bertz CT molecular complexity index is 112. The first-order valence-corrected chi connectivity index (χ1v) is 6.92. The van der Waals surface area contributed by atoms with Gasteiger partial charge in [-0.15, -0.1) is 0 Å². The van der Waals surface area contributed by atoms with E-state index in [0.717, 1.165) is 6.61 Å². The van der Waals surface area contributed by atoms with Crippen molar-refractivity contribution in [1.29, 1.82) is 0 Å². The van der Waals surface area contributed by atoms with Crippen LogP contribution in [0.3, 0.4) is 0 Å². The molecule has 0 heterocycles. The molecule has 0 aromatic rings. The van der Waals surface area contributed by atoms with Gasteiger partial charge in [0.1, 0.15) is 0 Å². The van der Waals surface area contributed by atoms with Gasteiger partial charge < -0.3 is 4.74 Å². The van der Waals surface area contributed by atoms with E-state index in [1.165, 1.54) is 57.8 Å². The Labute approximate surface area is 96.6 Å². The largest absolute Gasteiger partial charge is 0.379 e. The maximum absolute atomic E-state index is 5.77. The molecule has 0 aliphatic rings. The van der Waals surface area contributed by atoms with Crippen LogP contribution in [0.5, 0.6) is 0 Å². The predicted octanol–water partition coefficient (Wildman–Crippen LogP) is 4.94. The zero-order valence-electron chi connectivity index (χ0n) is 11.1. The van der Waals surface area contributed by atoms with E-state index in [-0.39, 0.29) is 0 Å². The molecule has 92 valence electrons. The van der Waals surface area contributed by atoms with E-state index in [0.29, 0.717) is 6.10 Å². The fourth-order valence-corrected chi connectivity index (χ4v) is 1.76. The van der Waals surface area contributed by atoms with Gasteiger partial charge in [-0.1, -0.05) is 58.8 Å². The maximum Gasteiger partial charge on any atom is 0.0547 e. The molecule has 0 aliphatic heterocycles. The van der Waals surface area contributed by atoms with Gasteiger partial charge in [-0.25, -0.2) is 0 Å². The Morgan fingerprint density at radius 2 is 1.40 bits per heavy atom. The highest BCUT2D eigenvalue weighted by Crippen LogP contribution is 2.08. The lowest BCUT2D eigenvalue weighted by molar-refractivity contribution is 0.0558. The Morgan fingerprint density at radius 3 is 2.00 bits per heavy atom. The highest BCUT2D eigenvalue weighted by atomic mass is 16.5. The lowest BCUT2D eigenvalue weighted by Crippen LogP contribution is -2.09. The predicted molar refractivity (Wildman–Crippen MR) is 68.3 cm³/mol. The zero-order valence-corrected chi connectivity index (χ0v) is 11.1. The van der Waals surface area contributed by atoms with Crippen LogP contribution in [0.4, 0.5) is 0 Å². The molecule has 0 amide bonds. The van der Waals surface area contributed by atoms with Crippen LogP contribution >= 0.6 is 0 Å². The van der Waals surface area contributed by atoms with Gasteiger partial charge in [0.05, 0.1) is 6.10 Å². The number of hydrogen-bond acceptors (Lipinski definition) is 1. The molecule has 0 radical (unpaired) electrons. The third-order valence-corrected chi connectivity index (χ3v) is 2.86. The fourth-order valence-electron chi connectivity index (χ4n) is 1.76. The van der Waals surface area contributed by atoms with Crippen molar-refractivity contribution in [3.63, 3.8) is 0 Å². The molecule has 0 rings (SSSR count). The maximum atomic E-state index is 5.77. The number of hydrogen-bond donors (Lipinski definition) is 0. The van der Waals surface area contributed by atoms with Crippen LogP contribution in [0, 0.1) is 0 Å². The Hall–Kier alpha value is -0.0400. The molecule has 0 saturated heterocycles. The summed E-state index contributed by atoms with van der Waals surface area (Å²) in [7, 11) is 0. The summed E-state index contributed by atoms with van der Waals surface area (Å²) >= 11 is 0. The Balaban J connectivity index is 3.08. The molecule has 15 heavy (non-hydrogen) atoms. The van der Waals surface area contributed by atoms with Crippen molar-refractivity contribution >= 4 is 0 Å². The van der Waals surface area contributed by atoms with Crippen LogP contribution in [-0.4, -0.2) is 12.7 Å². The Morgan fingerprint density at radius 1 is 0.800 bits per heavy atom. The standard InChI is InChI=1S/C14H30O/c1-4-6-8-10-12-14(3)15-13-11-9-7-5-2/h14H,4-13H2,1-3H3. The van der Waals surface area contributed by atoms with Gasteiger partial charge in [-0.05, 0) is 19.8 Å². The Kier molecular flexibility index (Phi) is 12.0. The molecule has 0 saturated carbocycles. The lowest BCUT2D eigenvalue weighted by atomic mass is 10.1. The third-order valence-electron chi connectivity index (χ3n) is 2.86. The average Bonchev–Trinajstić information content (AvgIpc) is 2.24. The van der Waals surface area contributed by atoms with Gasteiger partial charge in [0.15, 0.2) is 0 Å². The monoisotopic (exact) mass is 214 g/mol. The molecule has 1 atom stereocenters. The number of unbranched alkanes of at least 4 members (excludes halogenated alkanes) is 6. The van der Waals surface area contributed by atoms with Crippen LogP contribution in [0.2, 0.25) is 0 Å². The minimum Gasteiger partial charge on any atom is -0.379 e. The van der Waals surface area contributed by atoms with E-state index in [1.54, 1.807) is 0 Å². The second-order valence-electron chi connectivity index (χ2n) is 4.59. The summed E-state index contributed by atoms with van der Waals surface area (Å²) in [6.07, 6.45) is 12.4. The molecular weight excluding hydrogens is 184 g/mol. The van der Waals surface area contributed by atoms with Crippen LogP contribution in [0.1, 0.15) is 78.6 Å². The SMILES string of the molecule is CCCCCCOC(C)CCCCCC. The highest BCUT2D eigenvalue weighted by molar-refractivity contribution is 4.52. The van der Waals surface area contributed by atoms with Gasteiger partial charge in [0, 0.05) is 6.61 Å². The molecule has 1 unspecified atom stereocenters. The van der Waals surface area contributed by atoms with Crippen molar-refractivity contribution in [2.75, 3.05) is 6.61 Å². The minimum atomic E-state index is 0.475. The first kappa shape index (κ1) is 15.0. The van der Waals surface area contributed by atoms with Crippen molar-refractivity contribution in [3.05, 3.63) is 0 Å². The first-order chi connectivity index (χ1) is 7.31. The second kappa shape index (κ2) is 12.0. The summed E-state index contributed by atoms with van der Waals surface area (Å²) in [5.41, 5.74) is 0. The zero-order chi connectivity index (χ0) is 11.4. The molecule has 0 N–H and O–H groups in total. The van der Waals surface area contributed by atoms with Gasteiger partial charge >= 0.3 is 0 Å². The van der Waals surface area contributed by atoms with Crippen molar-refractivity contribution < 1.29 is 4.74 Å². The van der Waals surface area contributed by atoms with E-state index in [2.05, 4.69) is 20.8 Å². The lowest BCUT2D eigenvalue weighted by Gasteiger charge is -2.12. The van der Waals surface area contributed by atoms with E-state index in [1.807, 2.05) is 0 Å².